The highest BCUT2D eigenvalue weighted by molar-refractivity contribution is 7.09. The summed E-state index contributed by atoms with van der Waals surface area (Å²) in [6.45, 7) is 0. The molecule has 3 heteroatoms. The lowest BCUT2D eigenvalue weighted by Crippen LogP contribution is -1.77. The lowest BCUT2D eigenvalue weighted by Gasteiger charge is -1.95. The number of rotatable bonds is 2. The third-order valence-electron chi connectivity index (χ3n) is 2.71. The van der Waals surface area contributed by atoms with Gasteiger partial charge in [-0.2, -0.15) is 4.37 Å². The van der Waals surface area contributed by atoms with Gasteiger partial charge < -0.3 is 0 Å². The summed E-state index contributed by atoms with van der Waals surface area (Å²) in [5.74, 6) is -0.225. The van der Waals surface area contributed by atoms with Crippen LogP contribution in [0.25, 0.3) is 21.7 Å². The van der Waals surface area contributed by atoms with Crippen LogP contribution >= 0.6 is 11.5 Å². The number of benzene rings is 2. The summed E-state index contributed by atoms with van der Waals surface area (Å²) in [6, 6.07) is 18.6. The predicted octanol–water partition coefficient (Wildman–Crippen LogP) is 4.62. The van der Waals surface area contributed by atoms with Crippen LogP contribution in [0, 0.1) is 5.82 Å². The lowest BCUT2D eigenvalue weighted by atomic mass is 10.1. The Hall–Kier alpha value is -2.00. The molecular formula is C15H10FNS. The van der Waals surface area contributed by atoms with Gasteiger partial charge >= 0.3 is 0 Å². The standard InChI is InChI=1S/C15H10FNS/c16-13-8-6-11(7-9-13)14-10-15(18-17-14)12-4-2-1-3-5-12/h1-10H. The zero-order chi connectivity index (χ0) is 12.4. The second-order valence-electron chi connectivity index (χ2n) is 3.95. The van der Waals surface area contributed by atoms with E-state index in [1.165, 1.54) is 23.7 Å². The maximum Gasteiger partial charge on any atom is 0.123 e. The van der Waals surface area contributed by atoms with Crippen LogP contribution in [0.1, 0.15) is 0 Å². The lowest BCUT2D eigenvalue weighted by molar-refractivity contribution is 0.628. The minimum absolute atomic E-state index is 0.225. The minimum atomic E-state index is -0.225. The topological polar surface area (TPSA) is 12.9 Å². The van der Waals surface area contributed by atoms with E-state index in [1.807, 2.05) is 24.3 Å². The van der Waals surface area contributed by atoms with E-state index in [9.17, 15) is 4.39 Å². The first-order chi connectivity index (χ1) is 8.83. The summed E-state index contributed by atoms with van der Waals surface area (Å²) in [6.07, 6.45) is 0. The summed E-state index contributed by atoms with van der Waals surface area (Å²) in [5.41, 5.74) is 2.98. The van der Waals surface area contributed by atoms with Crippen molar-refractivity contribution in [1.82, 2.24) is 4.37 Å². The van der Waals surface area contributed by atoms with Gasteiger partial charge in [-0.1, -0.05) is 30.3 Å². The monoisotopic (exact) mass is 255 g/mol. The molecule has 0 bridgehead atoms. The fraction of sp³-hybridized carbons (Fsp3) is 0. The summed E-state index contributed by atoms with van der Waals surface area (Å²) in [7, 11) is 0. The van der Waals surface area contributed by atoms with Crippen molar-refractivity contribution in [2.45, 2.75) is 0 Å². The van der Waals surface area contributed by atoms with E-state index in [-0.39, 0.29) is 5.82 Å². The Morgan fingerprint density at radius 2 is 1.56 bits per heavy atom. The highest BCUT2D eigenvalue weighted by Gasteiger charge is 2.06. The normalized spacial score (nSPS) is 10.5. The summed E-state index contributed by atoms with van der Waals surface area (Å²) >= 11 is 1.46. The van der Waals surface area contributed by atoms with Crippen molar-refractivity contribution < 1.29 is 4.39 Å². The molecule has 0 unspecified atom stereocenters. The van der Waals surface area contributed by atoms with Gasteiger partial charge in [-0.3, -0.25) is 0 Å². The van der Waals surface area contributed by atoms with E-state index >= 15 is 0 Å². The van der Waals surface area contributed by atoms with Crippen molar-refractivity contribution in [2.75, 3.05) is 0 Å². The maximum absolute atomic E-state index is 12.9. The van der Waals surface area contributed by atoms with Crippen molar-refractivity contribution in [1.29, 1.82) is 0 Å². The van der Waals surface area contributed by atoms with Crippen LogP contribution in [0.15, 0.2) is 60.7 Å². The van der Waals surface area contributed by atoms with E-state index in [2.05, 4.69) is 16.5 Å². The minimum Gasteiger partial charge on any atom is -0.207 e. The van der Waals surface area contributed by atoms with Crippen LogP contribution in [-0.4, -0.2) is 4.37 Å². The maximum atomic E-state index is 12.9. The van der Waals surface area contributed by atoms with Crippen molar-refractivity contribution in [3.8, 4) is 21.7 Å². The Morgan fingerprint density at radius 3 is 2.28 bits per heavy atom. The van der Waals surface area contributed by atoms with Crippen molar-refractivity contribution in [2.24, 2.45) is 0 Å². The van der Waals surface area contributed by atoms with Gasteiger partial charge in [-0.05, 0) is 47.4 Å². The third kappa shape index (κ3) is 2.17. The first kappa shape index (κ1) is 11.1. The van der Waals surface area contributed by atoms with Gasteiger partial charge in [0.05, 0.1) is 10.6 Å². The van der Waals surface area contributed by atoms with Gasteiger partial charge in [-0.25, -0.2) is 4.39 Å². The van der Waals surface area contributed by atoms with Crippen molar-refractivity contribution >= 4 is 11.5 Å². The molecule has 3 aromatic rings. The fourth-order valence-corrected chi connectivity index (χ4v) is 2.53. The van der Waals surface area contributed by atoms with Crippen LogP contribution in [0.4, 0.5) is 4.39 Å². The quantitative estimate of drug-likeness (QED) is 0.651. The summed E-state index contributed by atoms with van der Waals surface area (Å²) in [4.78, 5) is 1.12. The van der Waals surface area contributed by atoms with Crippen LogP contribution in [0.5, 0.6) is 0 Å². The molecule has 0 aliphatic heterocycles. The van der Waals surface area contributed by atoms with Gasteiger partial charge in [-0.15, -0.1) is 0 Å². The molecule has 1 heterocycles. The number of aromatic nitrogens is 1. The number of hydrogen-bond donors (Lipinski definition) is 0. The molecule has 0 spiro atoms. The largest absolute Gasteiger partial charge is 0.207 e. The van der Waals surface area contributed by atoms with E-state index < -0.39 is 0 Å². The first-order valence-electron chi connectivity index (χ1n) is 5.61. The zero-order valence-corrected chi connectivity index (χ0v) is 10.3. The Balaban J connectivity index is 1.97. The van der Waals surface area contributed by atoms with Crippen LogP contribution in [-0.2, 0) is 0 Å². The molecule has 1 nitrogen and oxygen atoms in total. The van der Waals surface area contributed by atoms with E-state index in [0.717, 1.165) is 21.7 Å². The molecule has 2 aromatic carbocycles. The molecule has 0 aliphatic carbocycles. The molecule has 0 fully saturated rings. The van der Waals surface area contributed by atoms with Gasteiger partial charge in [0, 0.05) is 5.56 Å². The van der Waals surface area contributed by atoms with E-state index in [1.54, 1.807) is 12.1 Å². The molecule has 0 radical (unpaired) electrons. The number of hydrogen-bond acceptors (Lipinski definition) is 2. The van der Waals surface area contributed by atoms with Gasteiger partial charge in [0.1, 0.15) is 5.82 Å². The SMILES string of the molecule is Fc1ccc(-c2cc(-c3ccccc3)sn2)cc1. The smallest absolute Gasteiger partial charge is 0.123 e. The second kappa shape index (κ2) is 4.70. The molecule has 1 aromatic heterocycles. The highest BCUT2D eigenvalue weighted by Crippen LogP contribution is 2.29. The summed E-state index contributed by atoms with van der Waals surface area (Å²) in [5, 5.41) is 0. The van der Waals surface area contributed by atoms with Crippen molar-refractivity contribution in [3.63, 3.8) is 0 Å². The average Bonchev–Trinajstić information content (AvgIpc) is 2.90. The Bertz CT molecular complexity index is 644. The third-order valence-corrected chi connectivity index (χ3v) is 3.55. The zero-order valence-electron chi connectivity index (χ0n) is 9.51. The molecule has 0 saturated heterocycles. The Morgan fingerprint density at radius 1 is 0.833 bits per heavy atom. The van der Waals surface area contributed by atoms with E-state index in [0.29, 0.717) is 0 Å². The Kier molecular flexibility index (Phi) is 2.90. The number of nitrogens with zero attached hydrogens (tertiary/aromatic N) is 1. The molecular weight excluding hydrogens is 245 g/mol. The van der Waals surface area contributed by atoms with Gasteiger partial charge in [0.2, 0.25) is 0 Å². The summed E-state index contributed by atoms with van der Waals surface area (Å²) < 4.78 is 17.3. The Labute approximate surface area is 109 Å². The molecule has 3 rings (SSSR count). The predicted molar refractivity (Wildman–Crippen MR) is 72.9 cm³/mol. The molecule has 88 valence electrons. The molecule has 0 saturated carbocycles. The van der Waals surface area contributed by atoms with E-state index in [4.69, 9.17) is 0 Å². The van der Waals surface area contributed by atoms with Crippen LogP contribution in [0.2, 0.25) is 0 Å². The fourth-order valence-electron chi connectivity index (χ4n) is 1.77. The van der Waals surface area contributed by atoms with Crippen LogP contribution in [0.3, 0.4) is 0 Å². The average molecular weight is 255 g/mol. The van der Waals surface area contributed by atoms with Gasteiger partial charge in [0.15, 0.2) is 0 Å². The molecule has 18 heavy (non-hydrogen) atoms. The highest BCUT2D eigenvalue weighted by atomic mass is 32.1. The molecule has 0 aliphatic rings. The molecule has 0 N–H and O–H groups in total. The molecule has 0 amide bonds. The van der Waals surface area contributed by atoms with Gasteiger partial charge in [0.25, 0.3) is 0 Å². The second-order valence-corrected chi connectivity index (χ2v) is 4.75. The van der Waals surface area contributed by atoms with Crippen LogP contribution < -0.4 is 0 Å². The first-order valence-corrected chi connectivity index (χ1v) is 6.38. The number of halogens is 1. The van der Waals surface area contributed by atoms with Crippen molar-refractivity contribution in [3.05, 3.63) is 66.5 Å². The molecule has 0 atom stereocenters.